The second-order valence-electron chi connectivity index (χ2n) is 5.69. The van der Waals surface area contributed by atoms with E-state index in [-0.39, 0.29) is 0 Å². The number of hydrogen-bond acceptors (Lipinski definition) is 1. The van der Waals surface area contributed by atoms with Gasteiger partial charge in [0.15, 0.2) is 0 Å². The van der Waals surface area contributed by atoms with Gasteiger partial charge in [0.25, 0.3) is 0 Å². The third-order valence-electron chi connectivity index (χ3n) is 4.83. The minimum absolute atomic E-state index is 0.439. The number of carboxylic acids is 1. The van der Waals surface area contributed by atoms with Crippen LogP contribution in [0.25, 0.3) is 0 Å². The Morgan fingerprint density at radius 3 is 1.93 bits per heavy atom. The van der Waals surface area contributed by atoms with Gasteiger partial charge in [-0.15, -0.1) is 0 Å². The summed E-state index contributed by atoms with van der Waals surface area (Å²) in [5.74, 6) is 3.40. The van der Waals surface area contributed by atoms with Crippen molar-refractivity contribution in [2.75, 3.05) is 0 Å². The van der Waals surface area contributed by atoms with E-state index >= 15 is 0 Å². The van der Waals surface area contributed by atoms with Crippen LogP contribution in [0.5, 0.6) is 0 Å². The van der Waals surface area contributed by atoms with E-state index in [0.29, 0.717) is 12.3 Å². The minimum atomic E-state index is -0.581. The summed E-state index contributed by atoms with van der Waals surface area (Å²) in [6.07, 6.45) is 7.24. The zero-order valence-electron chi connectivity index (χ0n) is 8.48. The summed E-state index contributed by atoms with van der Waals surface area (Å²) in [6, 6.07) is 0. The Hall–Kier alpha value is -0.530. The Morgan fingerprint density at radius 2 is 1.50 bits per heavy atom. The van der Waals surface area contributed by atoms with Gasteiger partial charge in [-0.25, -0.2) is 0 Å². The number of carboxylic acid groups (broad SMARTS) is 1. The average molecular weight is 194 g/mol. The smallest absolute Gasteiger partial charge is 0.303 e. The van der Waals surface area contributed by atoms with Crippen molar-refractivity contribution in [1.82, 2.24) is 0 Å². The van der Waals surface area contributed by atoms with Crippen LogP contribution in [-0.4, -0.2) is 11.1 Å². The first-order chi connectivity index (χ1) is 6.72. The molecule has 0 heterocycles. The molecule has 0 atom stereocenters. The molecule has 2 nitrogen and oxygen atoms in total. The first-order valence-electron chi connectivity index (χ1n) is 5.94. The highest BCUT2D eigenvalue weighted by molar-refractivity contribution is 5.67. The van der Waals surface area contributed by atoms with Crippen LogP contribution in [0.15, 0.2) is 0 Å². The molecule has 4 rings (SSSR count). The minimum Gasteiger partial charge on any atom is -0.481 e. The largest absolute Gasteiger partial charge is 0.481 e. The van der Waals surface area contributed by atoms with Crippen molar-refractivity contribution in [1.29, 1.82) is 0 Å². The van der Waals surface area contributed by atoms with E-state index in [1.807, 2.05) is 0 Å². The Kier molecular flexibility index (Phi) is 1.86. The third-order valence-corrected chi connectivity index (χ3v) is 4.83. The molecule has 2 heteroatoms. The van der Waals surface area contributed by atoms with Gasteiger partial charge in [0, 0.05) is 6.42 Å². The van der Waals surface area contributed by atoms with Crippen molar-refractivity contribution in [3.05, 3.63) is 0 Å². The Bertz CT molecular complexity index is 231. The van der Waals surface area contributed by atoms with Gasteiger partial charge in [0.1, 0.15) is 0 Å². The first-order valence-corrected chi connectivity index (χ1v) is 5.94. The Balaban J connectivity index is 1.77. The maximum atomic E-state index is 10.8. The van der Waals surface area contributed by atoms with Gasteiger partial charge >= 0.3 is 5.97 Å². The maximum Gasteiger partial charge on any atom is 0.303 e. The van der Waals surface area contributed by atoms with Crippen molar-refractivity contribution in [2.24, 2.45) is 29.6 Å². The van der Waals surface area contributed by atoms with Crippen LogP contribution < -0.4 is 0 Å². The summed E-state index contributed by atoms with van der Waals surface area (Å²) >= 11 is 0. The molecule has 78 valence electrons. The van der Waals surface area contributed by atoms with Crippen LogP contribution in [0.1, 0.15) is 38.5 Å². The maximum absolute atomic E-state index is 10.8. The second kappa shape index (κ2) is 2.98. The molecule has 4 aliphatic carbocycles. The molecule has 0 aromatic rings. The van der Waals surface area contributed by atoms with Crippen LogP contribution >= 0.6 is 0 Å². The Morgan fingerprint density at radius 1 is 1.00 bits per heavy atom. The third kappa shape index (κ3) is 1.27. The van der Waals surface area contributed by atoms with Gasteiger partial charge in [0.05, 0.1) is 0 Å². The zero-order valence-corrected chi connectivity index (χ0v) is 8.48. The van der Waals surface area contributed by atoms with Crippen molar-refractivity contribution in [2.45, 2.75) is 38.5 Å². The van der Waals surface area contributed by atoms with E-state index in [4.69, 9.17) is 5.11 Å². The summed E-state index contributed by atoms with van der Waals surface area (Å²) in [4.78, 5) is 10.8. The molecule has 0 amide bonds. The quantitative estimate of drug-likeness (QED) is 0.733. The van der Waals surface area contributed by atoms with E-state index in [0.717, 1.165) is 23.7 Å². The molecule has 0 spiro atoms. The standard InChI is InChI=1S/C12H18O2/c13-12(14)6-11-9-2-7-1-8(4-9)5-10(11)3-7/h7-11H,1-6H2,(H,13,14). The molecule has 4 fully saturated rings. The number of rotatable bonds is 2. The summed E-state index contributed by atoms with van der Waals surface area (Å²) in [5, 5.41) is 8.90. The van der Waals surface area contributed by atoms with Crippen molar-refractivity contribution in [3.63, 3.8) is 0 Å². The summed E-state index contributed by atoms with van der Waals surface area (Å²) in [5.41, 5.74) is 0. The van der Waals surface area contributed by atoms with Crippen LogP contribution in [0.2, 0.25) is 0 Å². The fraction of sp³-hybridized carbons (Fsp3) is 0.917. The van der Waals surface area contributed by atoms with E-state index in [2.05, 4.69) is 0 Å². The Labute approximate surface area is 84.7 Å². The molecule has 1 N–H and O–H groups in total. The summed E-state index contributed by atoms with van der Waals surface area (Å²) < 4.78 is 0. The summed E-state index contributed by atoms with van der Waals surface area (Å²) in [6.45, 7) is 0. The number of carbonyl (C=O) groups is 1. The van der Waals surface area contributed by atoms with Crippen LogP contribution in [0.3, 0.4) is 0 Å². The summed E-state index contributed by atoms with van der Waals surface area (Å²) in [7, 11) is 0. The van der Waals surface area contributed by atoms with Crippen LogP contribution in [0, 0.1) is 29.6 Å². The lowest BCUT2D eigenvalue weighted by molar-refractivity contribution is -0.142. The van der Waals surface area contributed by atoms with Crippen molar-refractivity contribution >= 4 is 5.97 Å². The molecular formula is C12H18O2. The molecule has 0 aliphatic heterocycles. The highest BCUT2D eigenvalue weighted by Crippen LogP contribution is 2.57. The average Bonchev–Trinajstić information content (AvgIpc) is 2.09. The lowest BCUT2D eigenvalue weighted by atomic mass is 9.51. The normalized spacial score (nSPS) is 49.6. The molecule has 0 aromatic carbocycles. The van der Waals surface area contributed by atoms with Gasteiger partial charge < -0.3 is 5.11 Å². The van der Waals surface area contributed by atoms with Crippen LogP contribution in [0.4, 0.5) is 0 Å². The number of hydrogen-bond donors (Lipinski definition) is 1. The van der Waals surface area contributed by atoms with E-state index in [1.54, 1.807) is 0 Å². The second-order valence-corrected chi connectivity index (χ2v) is 5.69. The van der Waals surface area contributed by atoms with E-state index in [1.165, 1.54) is 32.1 Å². The molecule has 0 radical (unpaired) electrons. The van der Waals surface area contributed by atoms with Gasteiger partial charge in [-0.05, 0) is 61.7 Å². The van der Waals surface area contributed by atoms with Gasteiger partial charge in [0.2, 0.25) is 0 Å². The van der Waals surface area contributed by atoms with Crippen molar-refractivity contribution < 1.29 is 9.90 Å². The van der Waals surface area contributed by atoms with Crippen molar-refractivity contribution in [3.8, 4) is 0 Å². The molecule has 4 bridgehead atoms. The molecular weight excluding hydrogens is 176 g/mol. The molecule has 0 unspecified atom stereocenters. The van der Waals surface area contributed by atoms with Gasteiger partial charge in [-0.2, -0.15) is 0 Å². The molecule has 4 saturated carbocycles. The topological polar surface area (TPSA) is 37.3 Å². The predicted octanol–water partition coefficient (Wildman–Crippen LogP) is 2.53. The SMILES string of the molecule is O=C(O)CC1C2CC3CC(C2)CC1C3. The first kappa shape index (κ1) is 8.75. The monoisotopic (exact) mass is 194 g/mol. The highest BCUT2D eigenvalue weighted by Gasteiger charge is 2.48. The highest BCUT2D eigenvalue weighted by atomic mass is 16.4. The predicted molar refractivity (Wildman–Crippen MR) is 52.8 cm³/mol. The number of aliphatic carboxylic acids is 1. The van der Waals surface area contributed by atoms with E-state index in [9.17, 15) is 4.79 Å². The molecule has 0 aromatic heterocycles. The van der Waals surface area contributed by atoms with Crippen LogP contribution in [-0.2, 0) is 4.79 Å². The van der Waals surface area contributed by atoms with Gasteiger partial charge in [-0.3, -0.25) is 4.79 Å². The lowest BCUT2D eigenvalue weighted by Gasteiger charge is -2.54. The van der Waals surface area contributed by atoms with E-state index < -0.39 is 5.97 Å². The fourth-order valence-corrected chi connectivity index (χ4v) is 4.57. The lowest BCUT2D eigenvalue weighted by Crippen LogP contribution is -2.45. The molecule has 14 heavy (non-hydrogen) atoms. The molecule has 4 aliphatic rings. The fourth-order valence-electron chi connectivity index (χ4n) is 4.57. The zero-order chi connectivity index (χ0) is 9.71. The molecule has 0 saturated heterocycles. The van der Waals surface area contributed by atoms with Gasteiger partial charge in [-0.1, -0.05) is 0 Å².